The van der Waals surface area contributed by atoms with Gasteiger partial charge in [-0.1, -0.05) is 24.3 Å². The van der Waals surface area contributed by atoms with Crippen LogP contribution in [-0.2, 0) is 14.3 Å². The van der Waals surface area contributed by atoms with E-state index in [1.54, 1.807) is 23.6 Å². The fourth-order valence-electron chi connectivity index (χ4n) is 4.18. The monoisotopic (exact) mass is 437 g/mol. The van der Waals surface area contributed by atoms with Gasteiger partial charge in [-0.3, -0.25) is 9.59 Å². The number of ketones is 1. The molecule has 4 rings (SSSR count). The molecule has 1 unspecified atom stereocenters. The summed E-state index contributed by atoms with van der Waals surface area (Å²) in [5.41, 5.74) is 2.29. The van der Waals surface area contributed by atoms with E-state index in [4.69, 9.17) is 4.74 Å². The second-order valence-corrected chi connectivity index (χ2v) is 7.79. The van der Waals surface area contributed by atoms with E-state index in [1.165, 1.54) is 30.2 Å². The normalized spacial score (nSPS) is 18.1. The van der Waals surface area contributed by atoms with Crippen LogP contribution in [0.3, 0.4) is 0 Å². The number of carbonyl (C=O) groups excluding carboxylic acids is 2. The quantitative estimate of drug-likeness (QED) is 0.276. The lowest BCUT2D eigenvalue weighted by atomic mass is 9.96. The first kappa shape index (κ1) is 21.7. The molecule has 1 amide bonds. The number of pyridine rings is 1. The highest BCUT2D eigenvalue weighted by Gasteiger charge is 2.47. The predicted molar refractivity (Wildman–Crippen MR) is 117 cm³/mol. The number of aryl methyl sites for hydroxylation is 2. The maximum Gasteiger partial charge on any atom is 0.295 e. The molecule has 1 atom stereocenters. The summed E-state index contributed by atoms with van der Waals surface area (Å²) in [4.78, 5) is 31.8. The fourth-order valence-corrected chi connectivity index (χ4v) is 4.18. The van der Waals surface area contributed by atoms with Gasteiger partial charge in [0.05, 0.1) is 17.3 Å². The van der Waals surface area contributed by atoms with Crippen LogP contribution in [0.1, 0.15) is 35.0 Å². The Hall–Kier alpha value is -3.52. The lowest BCUT2D eigenvalue weighted by molar-refractivity contribution is -0.140. The van der Waals surface area contributed by atoms with Gasteiger partial charge in [-0.05, 0) is 38.0 Å². The summed E-state index contributed by atoms with van der Waals surface area (Å²) in [5, 5.41) is 11.3. The average molecular weight is 437 g/mol. The number of hydrogen-bond acceptors (Lipinski definition) is 5. The Morgan fingerprint density at radius 1 is 1.19 bits per heavy atom. The molecule has 0 bridgehead atoms. The van der Waals surface area contributed by atoms with Crippen LogP contribution in [0.5, 0.6) is 0 Å². The summed E-state index contributed by atoms with van der Waals surface area (Å²) in [6, 6.07) is 8.64. The molecule has 3 aromatic rings. The van der Waals surface area contributed by atoms with Crippen LogP contribution >= 0.6 is 0 Å². The largest absolute Gasteiger partial charge is 0.505 e. The first-order chi connectivity index (χ1) is 15.4. The lowest BCUT2D eigenvalue weighted by Gasteiger charge is -2.25. The summed E-state index contributed by atoms with van der Waals surface area (Å²) < 4.78 is 21.7. The van der Waals surface area contributed by atoms with Crippen molar-refractivity contribution < 1.29 is 23.8 Å². The average Bonchev–Trinajstić information content (AvgIpc) is 3.24. The molecule has 0 aliphatic carbocycles. The summed E-state index contributed by atoms with van der Waals surface area (Å²) in [6.45, 7) is 4.20. The van der Waals surface area contributed by atoms with Gasteiger partial charge in [-0.15, -0.1) is 0 Å². The molecule has 0 saturated carbocycles. The van der Waals surface area contributed by atoms with Gasteiger partial charge < -0.3 is 19.1 Å². The third kappa shape index (κ3) is 3.46. The molecule has 1 aliphatic rings. The molecule has 32 heavy (non-hydrogen) atoms. The molecular formula is C24H24FN3O4. The van der Waals surface area contributed by atoms with Gasteiger partial charge in [-0.2, -0.15) is 0 Å². The fraction of sp³-hybridized carbons (Fsp3) is 0.292. The van der Waals surface area contributed by atoms with Crippen LogP contribution < -0.4 is 0 Å². The first-order valence-electron chi connectivity index (χ1n) is 10.3. The summed E-state index contributed by atoms with van der Waals surface area (Å²) in [5.74, 6) is -2.62. The van der Waals surface area contributed by atoms with Crippen molar-refractivity contribution in [2.24, 2.45) is 0 Å². The number of likely N-dealkylation sites (tertiary alicyclic amines) is 1. The van der Waals surface area contributed by atoms with E-state index in [1.807, 2.05) is 19.1 Å². The smallest absolute Gasteiger partial charge is 0.295 e. The maximum atomic E-state index is 14.8. The van der Waals surface area contributed by atoms with Crippen molar-refractivity contribution in [2.75, 3.05) is 20.3 Å². The van der Waals surface area contributed by atoms with Crippen LogP contribution in [0.15, 0.2) is 48.2 Å². The molecule has 2 aromatic heterocycles. The van der Waals surface area contributed by atoms with Crippen molar-refractivity contribution in [2.45, 2.75) is 26.3 Å². The van der Waals surface area contributed by atoms with Crippen LogP contribution in [0.4, 0.5) is 4.39 Å². The highest BCUT2D eigenvalue weighted by molar-refractivity contribution is 6.46. The van der Waals surface area contributed by atoms with Crippen molar-refractivity contribution in [3.63, 3.8) is 0 Å². The molecule has 3 heterocycles. The Bertz CT molecular complexity index is 1250. The number of halogens is 1. The number of aliphatic hydroxyl groups excluding tert-OH is 1. The van der Waals surface area contributed by atoms with Crippen molar-refractivity contribution in [3.05, 3.63) is 76.5 Å². The molecule has 7 nitrogen and oxygen atoms in total. The Labute approximate surface area is 184 Å². The molecule has 1 fully saturated rings. The molecule has 0 radical (unpaired) electrons. The minimum Gasteiger partial charge on any atom is -0.505 e. The van der Waals surface area contributed by atoms with E-state index in [9.17, 15) is 19.1 Å². The molecule has 1 aromatic carbocycles. The van der Waals surface area contributed by atoms with Crippen molar-refractivity contribution in [1.29, 1.82) is 0 Å². The number of hydrogen-bond donors (Lipinski definition) is 1. The van der Waals surface area contributed by atoms with Gasteiger partial charge in [0.15, 0.2) is 5.76 Å². The summed E-state index contributed by atoms with van der Waals surface area (Å²) in [6.07, 6.45) is 2.26. The summed E-state index contributed by atoms with van der Waals surface area (Å²) >= 11 is 0. The standard InChI is InChI=1S/C24H24FN3O4/c1-14-8-6-11-27-15(2)19(26-23(14)27)21(29)18-20(16-9-4-5-10-17(16)25)28(12-7-13-32-3)24(31)22(18)30/h4-6,8-11,20,29H,7,12-13H2,1-3H3. The predicted octanol–water partition coefficient (Wildman–Crippen LogP) is 3.55. The third-order valence-electron chi connectivity index (χ3n) is 5.80. The molecular weight excluding hydrogens is 413 g/mol. The number of aliphatic hydroxyl groups is 1. The van der Waals surface area contributed by atoms with E-state index < -0.39 is 29.3 Å². The number of rotatable bonds is 6. The van der Waals surface area contributed by atoms with Crippen LogP contribution in [-0.4, -0.2) is 51.3 Å². The van der Waals surface area contributed by atoms with Gasteiger partial charge in [0.25, 0.3) is 11.7 Å². The van der Waals surface area contributed by atoms with Gasteiger partial charge in [0, 0.05) is 32.0 Å². The molecule has 0 spiro atoms. The zero-order valence-corrected chi connectivity index (χ0v) is 18.1. The minimum absolute atomic E-state index is 0.142. The number of Topliss-reactive ketones (excluding diaryl/α,β-unsaturated/α-hetero) is 1. The number of fused-ring (bicyclic) bond motifs is 1. The Morgan fingerprint density at radius 2 is 1.94 bits per heavy atom. The Balaban J connectivity index is 1.92. The number of carbonyl (C=O) groups is 2. The number of methoxy groups -OCH3 is 1. The Morgan fingerprint density at radius 3 is 2.62 bits per heavy atom. The van der Waals surface area contributed by atoms with Crippen LogP contribution in [0.25, 0.3) is 11.4 Å². The number of ether oxygens (including phenoxy) is 1. The van der Waals surface area contributed by atoms with E-state index in [0.717, 1.165) is 5.56 Å². The third-order valence-corrected chi connectivity index (χ3v) is 5.80. The second kappa shape index (κ2) is 8.55. The van der Waals surface area contributed by atoms with Crippen LogP contribution in [0.2, 0.25) is 0 Å². The number of nitrogens with zero attached hydrogens (tertiary/aromatic N) is 3. The molecule has 1 N–H and O–H groups in total. The van der Waals surface area contributed by atoms with E-state index in [0.29, 0.717) is 24.4 Å². The van der Waals surface area contributed by atoms with E-state index >= 15 is 0 Å². The van der Waals surface area contributed by atoms with E-state index in [2.05, 4.69) is 4.98 Å². The van der Waals surface area contributed by atoms with Crippen molar-refractivity contribution >= 4 is 23.1 Å². The van der Waals surface area contributed by atoms with Crippen molar-refractivity contribution in [3.8, 4) is 0 Å². The summed E-state index contributed by atoms with van der Waals surface area (Å²) in [7, 11) is 1.54. The van der Waals surface area contributed by atoms with Crippen LogP contribution in [0, 0.1) is 19.7 Å². The SMILES string of the molecule is COCCCN1C(=O)C(=O)C(=C(O)c2nc3c(C)cccn3c2C)C1c1ccccc1F. The van der Waals surface area contributed by atoms with E-state index in [-0.39, 0.29) is 23.4 Å². The van der Waals surface area contributed by atoms with Gasteiger partial charge in [0.1, 0.15) is 17.2 Å². The Kier molecular flexibility index (Phi) is 5.80. The maximum absolute atomic E-state index is 14.8. The molecule has 166 valence electrons. The lowest BCUT2D eigenvalue weighted by Crippen LogP contribution is -2.31. The van der Waals surface area contributed by atoms with Crippen molar-refractivity contribution in [1.82, 2.24) is 14.3 Å². The van der Waals surface area contributed by atoms with Gasteiger partial charge in [0.2, 0.25) is 0 Å². The zero-order valence-electron chi connectivity index (χ0n) is 18.1. The zero-order chi connectivity index (χ0) is 23.0. The molecule has 8 heteroatoms. The second-order valence-electron chi connectivity index (χ2n) is 7.79. The molecule has 1 saturated heterocycles. The first-order valence-corrected chi connectivity index (χ1v) is 10.3. The number of imidazole rings is 1. The number of aromatic nitrogens is 2. The van der Waals surface area contributed by atoms with Gasteiger partial charge in [-0.25, -0.2) is 9.37 Å². The highest BCUT2D eigenvalue weighted by Crippen LogP contribution is 2.40. The highest BCUT2D eigenvalue weighted by atomic mass is 19.1. The van der Waals surface area contributed by atoms with Gasteiger partial charge >= 0.3 is 0 Å². The number of benzene rings is 1. The number of amides is 1. The topological polar surface area (TPSA) is 84.1 Å². The molecule has 1 aliphatic heterocycles. The minimum atomic E-state index is -1.06.